The van der Waals surface area contributed by atoms with Gasteiger partial charge in [0.15, 0.2) is 0 Å². The van der Waals surface area contributed by atoms with Crippen LogP contribution < -0.4 is 5.32 Å². The molecule has 1 aromatic rings. The van der Waals surface area contributed by atoms with Crippen LogP contribution in [0.2, 0.25) is 0 Å². The number of aryl methyl sites for hydroxylation is 2. The Morgan fingerprint density at radius 2 is 1.85 bits per heavy atom. The molecule has 2 rings (SSSR count). The van der Waals surface area contributed by atoms with E-state index < -0.39 is 0 Å². The fourth-order valence-corrected chi connectivity index (χ4v) is 3.19. The van der Waals surface area contributed by atoms with E-state index in [1.54, 1.807) is 0 Å². The van der Waals surface area contributed by atoms with Crippen LogP contribution in [0.25, 0.3) is 0 Å². The highest BCUT2D eigenvalue weighted by atomic mass is 15.1. The van der Waals surface area contributed by atoms with Gasteiger partial charge in [0.05, 0.1) is 0 Å². The van der Waals surface area contributed by atoms with Gasteiger partial charge in [0, 0.05) is 12.1 Å². The second-order valence-corrected chi connectivity index (χ2v) is 6.39. The molecular weight excluding hydrogens is 244 g/mol. The lowest BCUT2D eigenvalue weighted by Crippen LogP contribution is -2.39. The van der Waals surface area contributed by atoms with Crippen LogP contribution >= 0.6 is 0 Å². The summed E-state index contributed by atoms with van der Waals surface area (Å²) in [6.07, 6.45) is 5.41. The van der Waals surface area contributed by atoms with Gasteiger partial charge in [-0.05, 0) is 58.8 Å². The molecule has 0 radical (unpaired) electrons. The molecule has 1 aliphatic rings. The van der Waals surface area contributed by atoms with Crippen molar-refractivity contribution in [1.82, 2.24) is 10.2 Å². The molecule has 1 saturated carbocycles. The van der Waals surface area contributed by atoms with E-state index in [1.807, 2.05) is 0 Å². The first-order valence-corrected chi connectivity index (χ1v) is 8.12. The van der Waals surface area contributed by atoms with Crippen molar-refractivity contribution < 1.29 is 0 Å². The van der Waals surface area contributed by atoms with Gasteiger partial charge >= 0.3 is 0 Å². The Kier molecular flexibility index (Phi) is 5.62. The van der Waals surface area contributed by atoms with Crippen LogP contribution in [0.3, 0.4) is 0 Å². The molecule has 1 aromatic carbocycles. The molecule has 112 valence electrons. The predicted molar refractivity (Wildman–Crippen MR) is 87.2 cm³/mol. The summed E-state index contributed by atoms with van der Waals surface area (Å²) in [7, 11) is 2.29. The van der Waals surface area contributed by atoms with Crippen molar-refractivity contribution in [2.24, 2.45) is 0 Å². The second-order valence-electron chi connectivity index (χ2n) is 6.39. The van der Waals surface area contributed by atoms with Gasteiger partial charge in [0.25, 0.3) is 0 Å². The monoisotopic (exact) mass is 274 g/mol. The van der Waals surface area contributed by atoms with E-state index in [4.69, 9.17) is 0 Å². The summed E-state index contributed by atoms with van der Waals surface area (Å²) < 4.78 is 0. The molecule has 2 nitrogen and oxygen atoms in total. The fraction of sp³-hybridized carbons (Fsp3) is 0.667. The van der Waals surface area contributed by atoms with E-state index in [0.717, 1.165) is 12.6 Å². The van der Waals surface area contributed by atoms with Gasteiger partial charge in [-0.15, -0.1) is 0 Å². The number of benzene rings is 1. The van der Waals surface area contributed by atoms with Crippen molar-refractivity contribution in [3.63, 3.8) is 0 Å². The third-order valence-corrected chi connectivity index (χ3v) is 4.57. The molecule has 2 heteroatoms. The van der Waals surface area contributed by atoms with Crippen LogP contribution in [0, 0.1) is 13.8 Å². The zero-order valence-corrected chi connectivity index (χ0v) is 13.6. The maximum Gasteiger partial charge on any atom is 0.0332 e. The molecule has 0 saturated heterocycles. The average Bonchev–Trinajstić information content (AvgIpc) is 2.31. The summed E-state index contributed by atoms with van der Waals surface area (Å²) in [5, 5.41) is 3.66. The SMILES string of the molecule is CCNC(CCN(C)C1CCC1)c1cc(C)cc(C)c1. The highest BCUT2D eigenvalue weighted by molar-refractivity contribution is 5.30. The number of hydrogen-bond donors (Lipinski definition) is 1. The molecule has 0 bridgehead atoms. The lowest BCUT2D eigenvalue weighted by Gasteiger charge is -2.35. The van der Waals surface area contributed by atoms with E-state index >= 15 is 0 Å². The van der Waals surface area contributed by atoms with Gasteiger partial charge in [-0.25, -0.2) is 0 Å². The van der Waals surface area contributed by atoms with E-state index in [0.29, 0.717) is 6.04 Å². The van der Waals surface area contributed by atoms with Gasteiger partial charge in [0.2, 0.25) is 0 Å². The predicted octanol–water partition coefficient (Wildman–Crippen LogP) is 3.83. The molecule has 1 unspecified atom stereocenters. The standard InChI is InChI=1S/C18H30N2/c1-5-19-18(9-10-20(4)17-7-6-8-17)16-12-14(2)11-15(3)13-16/h11-13,17-19H,5-10H2,1-4H3. The summed E-state index contributed by atoms with van der Waals surface area (Å²) in [4.78, 5) is 2.55. The molecule has 0 heterocycles. The van der Waals surface area contributed by atoms with Crippen molar-refractivity contribution >= 4 is 0 Å². The average molecular weight is 274 g/mol. The topological polar surface area (TPSA) is 15.3 Å². The first-order chi connectivity index (χ1) is 9.60. The molecular formula is C18H30N2. The zero-order valence-electron chi connectivity index (χ0n) is 13.6. The Hall–Kier alpha value is -0.860. The fourth-order valence-electron chi connectivity index (χ4n) is 3.19. The Morgan fingerprint density at radius 1 is 1.20 bits per heavy atom. The lowest BCUT2D eigenvalue weighted by molar-refractivity contribution is 0.153. The van der Waals surface area contributed by atoms with Crippen molar-refractivity contribution in [3.8, 4) is 0 Å². The third kappa shape index (κ3) is 4.07. The Morgan fingerprint density at radius 3 is 2.35 bits per heavy atom. The minimum absolute atomic E-state index is 0.487. The van der Waals surface area contributed by atoms with Gasteiger partial charge in [-0.1, -0.05) is 42.7 Å². The molecule has 1 fully saturated rings. The molecule has 0 spiro atoms. The quantitative estimate of drug-likeness (QED) is 0.813. The van der Waals surface area contributed by atoms with Crippen LogP contribution in [0.5, 0.6) is 0 Å². The van der Waals surface area contributed by atoms with Crippen LogP contribution in [-0.2, 0) is 0 Å². The van der Waals surface area contributed by atoms with Crippen molar-refractivity contribution in [3.05, 3.63) is 34.9 Å². The molecule has 0 amide bonds. The van der Waals surface area contributed by atoms with Crippen LogP contribution in [0.4, 0.5) is 0 Å². The van der Waals surface area contributed by atoms with Crippen molar-refractivity contribution in [1.29, 1.82) is 0 Å². The summed E-state index contributed by atoms with van der Waals surface area (Å²) >= 11 is 0. The second kappa shape index (κ2) is 7.24. The molecule has 20 heavy (non-hydrogen) atoms. The van der Waals surface area contributed by atoms with E-state index in [2.05, 4.69) is 56.2 Å². The van der Waals surface area contributed by atoms with Gasteiger partial charge in [0.1, 0.15) is 0 Å². The lowest BCUT2D eigenvalue weighted by atomic mass is 9.91. The van der Waals surface area contributed by atoms with Crippen LogP contribution in [-0.4, -0.2) is 31.1 Å². The van der Waals surface area contributed by atoms with Gasteiger partial charge < -0.3 is 10.2 Å². The smallest absolute Gasteiger partial charge is 0.0332 e. The van der Waals surface area contributed by atoms with Gasteiger partial charge in [-0.3, -0.25) is 0 Å². The summed E-state index contributed by atoms with van der Waals surface area (Å²) in [5.74, 6) is 0. The van der Waals surface area contributed by atoms with E-state index in [1.165, 1.54) is 48.9 Å². The van der Waals surface area contributed by atoms with E-state index in [-0.39, 0.29) is 0 Å². The molecule has 1 N–H and O–H groups in total. The molecule has 0 aliphatic heterocycles. The summed E-state index contributed by atoms with van der Waals surface area (Å²) in [5.41, 5.74) is 4.19. The minimum Gasteiger partial charge on any atom is -0.310 e. The van der Waals surface area contributed by atoms with Crippen molar-refractivity contribution in [2.75, 3.05) is 20.1 Å². The van der Waals surface area contributed by atoms with Crippen LogP contribution in [0.15, 0.2) is 18.2 Å². The largest absolute Gasteiger partial charge is 0.310 e. The first-order valence-electron chi connectivity index (χ1n) is 8.12. The minimum atomic E-state index is 0.487. The number of nitrogens with one attached hydrogen (secondary N) is 1. The Balaban J connectivity index is 1.98. The number of rotatable bonds is 7. The highest BCUT2D eigenvalue weighted by Gasteiger charge is 2.22. The molecule has 0 aromatic heterocycles. The number of nitrogens with zero attached hydrogens (tertiary/aromatic N) is 1. The first kappa shape index (κ1) is 15.5. The normalized spacial score (nSPS) is 17.2. The molecule has 1 atom stereocenters. The maximum absolute atomic E-state index is 3.66. The van der Waals surface area contributed by atoms with E-state index in [9.17, 15) is 0 Å². The van der Waals surface area contributed by atoms with Gasteiger partial charge in [-0.2, -0.15) is 0 Å². The molecule has 1 aliphatic carbocycles. The van der Waals surface area contributed by atoms with Crippen molar-refractivity contribution in [2.45, 2.75) is 58.5 Å². The zero-order chi connectivity index (χ0) is 14.5. The Labute approximate surface area is 124 Å². The Bertz CT molecular complexity index is 403. The number of hydrogen-bond acceptors (Lipinski definition) is 2. The van der Waals surface area contributed by atoms with Crippen LogP contribution in [0.1, 0.15) is 55.3 Å². The maximum atomic E-state index is 3.66. The summed E-state index contributed by atoms with van der Waals surface area (Å²) in [6.45, 7) is 8.81. The highest BCUT2D eigenvalue weighted by Crippen LogP contribution is 2.25. The third-order valence-electron chi connectivity index (χ3n) is 4.57. The summed E-state index contributed by atoms with van der Waals surface area (Å²) in [6, 6.07) is 8.26.